The molecule has 6 atom stereocenters. The molecule has 1 aromatic carbocycles. The van der Waals surface area contributed by atoms with Gasteiger partial charge in [-0.15, -0.1) is 6.58 Å². The second-order valence-corrected chi connectivity index (χ2v) is 12.4. The molecule has 2 aromatic rings. The van der Waals surface area contributed by atoms with Crippen LogP contribution >= 0.6 is 0 Å². The first kappa shape index (κ1) is 32.2. The highest BCUT2D eigenvalue weighted by Crippen LogP contribution is 2.62. The number of aliphatic imine (C=N–C) groups is 1. The molecule has 0 fully saturated rings. The fourth-order valence-corrected chi connectivity index (χ4v) is 7.54. The number of allylic oxidation sites excluding steroid dienone is 6. The predicted molar refractivity (Wildman–Crippen MR) is 176 cm³/mol. The van der Waals surface area contributed by atoms with Crippen LogP contribution in [0.3, 0.4) is 0 Å². The number of aromatic amines is 1. The van der Waals surface area contributed by atoms with Crippen molar-refractivity contribution in [3.63, 3.8) is 0 Å². The molecule has 1 aromatic heterocycles. The van der Waals surface area contributed by atoms with Gasteiger partial charge in [0.25, 0.3) is 5.56 Å². The molecule has 49 heavy (non-hydrogen) atoms. The van der Waals surface area contributed by atoms with Crippen LogP contribution in [0.2, 0.25) is 0 Å². The summed E-state index contributed by atoms with van der Waals surface area (Å²) < 4.78 is 24.3. The van der Waals surface area contributed by atoms with Crippen LogP contribution in [0, 0.1) is 18.8 Å². The quantitative estimate of drug-likeness (QED) is 0.177. The van der Waals surface area contributed by atoms with Crippen molar-refractivity contribution in [1.82, 2.24) is 4.98 Å². The maximum absolute atomic E-state index is 14.3. The molecule has 0 spiro atoms. The van der Waals surface area contributed by atoms with Crippen LogP contribution in [0.15, 0.2) is 77.1 Å². The number of hydrogen-bond donors (Lipinski definition) is 3. The Hall–Kier alpha value is -5.33. The third-order valence-corrected chi connectivity index (χ3v) is 9.57. The summed E-state index contributed by atoms with van der Waals surface area (Å²) in [6, 6.07) is 1.42. The van der Waals surface area contributed by atoms with Crippen molar-refractivity contribution in [2.24, 2.45) is 16.8 Å². The van der Waals surface area contributed by atoms with Gasteiger partial charge in [0.05, 0.1) is 35.4 Å². The van der Waals surface area contributed by atoms with E-state index in [4.69, 9.17) is 23.9 Å². The molecule has 0 amide bonds. The zero-order valence-corrected chi connectivity index (χ0v) is 26.8. The van der Waals surface area contributed by atoms with E-state index in [1.807, 2.05) is 25.2 Å². The number of hydrogen-bond acceptors (Lipinski definition) is 11. The van der Waals surface area contributed by atoms with Gasteiger partial charge in [0.1, 0.15) is 11.9 Å². The number of pyridine rings is 1. The van der Waals surface area contributed by atoms with Crippen molar-refractivity contribution in [2.45, 2.75) is 50.6 Å². The summed E-state index contributed by atoms with van der Waals surface area (Å²) in [5, 5.41) is 24.7. The highest BCUT2D eigenvalue weighted by Gasteiger charge is 2.63. The summed E-state index contributed by atoms with van der Waals surface area (Å²) >= 11 is 0. The molecule has 0 bridgehead atoms. The van der Waals surface area contributed by atoms with Gasteiger partial charge >= 0.3 is 5.97 Å². The van der Waals surface area contributed by atoms with Crippen LogP contribution in [0.25, 0.3) is 0 Å². The smallest absolute Gasteiger partial charge is 0.331 e. The maximum Gasteiger partial charge on any atom is 0.331 e. The van der Waals surface area contributed by atoms with Crippen molar-refractivity contribution in [1.29, 1.82) is 0 Å². The van der Waals surface area contributed by atoms with Crippen molar-refractivity contribution in [3.05, 3.63) is 111 Å². The van der Waals surface area contributed by atoms with Crippen LogP contribution in [-0.4, -0.2) is 64.0 Å². The van der Waals surface area contributed by atoms with E-state index < -0.39 is 70.2 Å². The van der Waals surface area contributed by atoms with Crippen molar-refractivity contribution < 1.29 is 43.5 Å². The number of carbonyl (C=O) groups is 3. The summed E-state index contributed by atoms with van der Waals surface area (Å²) in [7, 11) is 0. The monoisotopic (exact) mass is 666 g/mol. The van der Waals surface area contributed by atoms with Crippen molar-refractivity contribution in [2.75, 3.05) is 13.3 Å². The molecule has 2 aliphatic heterocycles. The van der Waals surface area contributed by atoms with E-state index in [0.717, 1.165) is 0 Å². The molecule has 0 saturated heterocycles. The van der Waals surface area contributed by atoms with Gasteiger partial charge in [-0.25, -0.2) is 4.79 Å². The normalized spacial score (nSPS) is 28.8. The summed E-state index contributed by atoms with van der Waals surface area (Å²) in [5.41, 5.74) is -3.40. The number of phenolic OH excluding ortho intramolecular Hbond substituents is 1. The van der Waals surface area contributed by atoms with Gasteiger partial charge in [-0.2, -0.15) is 0 Å². The fraction of sp³-hybridized carbons (Fsp3) is 0.324. The minimum atomic E-state index is -2.63. The van der Waals surface area contributed by atoms with E-state index in [1.54, 1.807) is 37.3 Å². The number of carbonyl (C=O) groups excluding carboxylic acids is 3. The molecule has 3 aliphatic carbocycles. The van der Waals surface area contributed by atoms with Crippen molar-refractivity contribution >= 4 is 23.2 Å². The second kappa shape index (κ2) is 12.3. The number of nitrogens with one attached hydrogen (secondary N) is 1. The Morgan fingerprint density at radius 2 is 1.98 bits per heavy atom. The van der Waals surface area contributed by atoms with E-state index in [-0.39, 0.29) is 53.5 Å². The Kier molecular flexibility index (Phi) is 8.08. The zero-order chi connectivity index (χ0) is 34.6. The van der Waals surface area contributed by atoms with E-state index in [2.05, 4.69) is 11.6 Å². The van der Waals surface area contributed by atoms with Gasteiger partial charge in [-0.05, 0) is 38.8 Å². The number of aliphatic hydroxyl groups is 1. The Balaban J connectivity index is 1.39. The molecular weight excluding hydrogens is 632 g/mol. The first-order valence-electron chi connectivity index (χ1n) is 16.0. The summed E-state index contributed by atoms with van der Waals surface area (Å²) in [4.78, 5) is 61.4. The molecule has 12 heteroatoms. The molecule has 3 heterocycles. The standard InChI is InChI=1S/C37H34N2O10/c1-4-6-7-8-9-13-24(40)48-22-12-10-11-19-29(38-14-5-2)27-31(42)28-26-23(46-17-47-33(26)34(27)49-32(19)22)16-21-30(41)20-15-18(3)39-36(44)25(20)35(43)37(21,28)45/h4-10,12-13,15,19,21-23,32,42,45H,2,11,14,16-17H2,1,3H3,(H,39,44)/b6-4+,8-7+,13-9+,38-29?/t19-,21+,22+,23+,32-,37+/m0/s1. The Labute approximate surface area is 280 Å². The molecule has 0 radical (unpaired) electrons. The van der Waals surface area contributed by atoms with Gasteiger partial charge in [0.2, 0.25) is 5.78 Å². The second-order valence-electron chi connectivity index (χ2n) is 12.4. The number of benzene rings is 1. The molecule has 7 rings (SSSR count). The lowest BCUT2D eigenvalue weighted by Crippen LogP contribution is -2.56. The van der Waals surface area contributed by atoms with E-state index >= 15 is 0 Å². The number of phenols is 1. The number of aromatic hydroxyl groups is 1. The number of aryl methyl sites for hydroxylation is 1. The average molecular weight is 667 g/mol. The Bertz CT molecular complexity index is 2020. The fourth-order valence-electron chi connectivity index (χ4n) is 7.54. The zero-order valence-electron chi connectivity index (χ0n) is 26.8. The number of H-pyrrole nitrogens is 1. The summed E-state index contributed by atoms with van der Waals surface area (Å²) in [5.74, 6) is -4.54. The lowest BCUT2D eigenvalue weighted by molar-refractivity contribution is -0.146. The maximum atomic E-state index is 14.3. The van der Waals surface area contributed by atoms with Gasteiger partial charge in [-0.3, -0.25) is 19.4 Å². The Morgan fingerprint density at radius 1 is 1.18 bits per heavy atom. The molecule has 3 N–H and O–H groups in total. The van der Waals surface area contributed by atoms with Gasteiger partial charge < -0.3 is 34.1 Å². The molecule has 0 saturated carbocycles. The number of nitrogens with zero attached hydrogens (tertiary/aromatic N) is 1. The van der Waals surface area contributed by atoms with Crippen LogP contribution in [-0.2, 0) is 19.9 Å². The first-order chi connectivity index (χ1) is 23.6. The lowest BCUT2D eigenvalue weighted by Gasteiger charge is -2.48. The molecule has 0 unspecified atom stereocenters. The first-order valence-corrected chi connectivity index (χ1v) is 16.0. The van der Waals surface area contributed by atoms with E-state index in [0.29, 0.717) is 17.8 Å². The number of ether oxygens (including phenoxy) is 4. The Morgan fingerprint density at radius 3 is 2.76 bits per heavy atom. The number of ketones is 2. The number of rotatable bonds is 6. The minimum Gasteiger partial charge on any atom is -0.507 e. The molecular formula is C37H34N2O10. The summed E-state index contributed by atoms with van der Waals surface area (Å²) in [6.07, 6.45) is 12.9. The van der Waals surface area contributed by atoms with E-state index in [9.17, 15) is 29.4 Å². The largest absolute Gasteiger partial charge is 0.507 e. The molecule has 12 nitrogen and oxygen atoms in total. The SMILES string of the molecule is C=CCN=C1c2c(O)c3c4c(c2O[C@@H]2[C@H](OC(=O)/C=C/C=C/C=C/C)C=CC[C@@H]12)OCO[C@@H]4C[C@@H]1C(=O)c2cc(C)[nH]c(=O)c2C(=O)[C@]31O. The highest BCUT2D eigenvalue weighted by molar-refractivity contribution is 6.20. The van der Waals surface area contributed by atoms with Crippen LogP contribution in [0.5, 0.6) is 17.2 Å². The minimum absolute atomic E-state index is 0.0600. The third-order valence-electron chi connectivity index (χ3n) is 9.57. The predicted octanol–water partition coefficient (Wildman–Crippen LogP) is 4.00. The number of esters is 1. The highest BCUT2D eigenvalue weighted by atomic mass is 16.7. The topological polar surface area (TPSA) is 174 Å². The van der Waals surface area contributed by atoms with Crippen molar-refractivity contribution in [3.8, 4) is 17.2 Å². The molecule has 252 valence electrons. The third kappa shape index (κ3) is 4.93. The number of fused-ring (bicyclic) bond motifs is 6. The summed E-state index contributed by atoms with van der Waals surface area (Å²) in [6.45, 7) is 7.12. The van der Waals surface area contributed by atoms with Crippen LogP contribution in [0.1, 0.15) is 69.0 Å². The van der Waals surface area contributed by atoms with Crippen LogP contribution in [0.4, 0.5) is 0 Å². The number of aromatic nitrogens is 1. The van der Waals surface area contributed by atoms with E-state index in [1.165, 1.54) is 12.1 Å². The lowest BCUT2D eigenvalue weighted by atomic mass is 9.60. The van der Waals surface area contributed by atoms with Gasteiger partial charge in [0, 0.05) is 34.4 Å². The molecule has 5 aliphatic rings. The van der Waals surface area contributed by atoms with Gasteiger partial charge in [-0.1, -0.05) is 42.5 Å². The number of Topliss-reactive ketones (excluding diaryl/α,β-unsaturated/α-hetero) is 2. The average Bonchev–Trinajstić information content (AvgIpc) is 3.08. The van der Waals surface area contributed by atoms with Gasteiger partial charge in [0.15, 0.2) is 35.8 Å². The van der Waals surface area contributed by atoms with Crippen LogP contribution < -0.4 is 15.0 Å².